The minimum Gasteiger partial charge on any atom is -0.493 e. The summed E-state index contributed by atoms with van der Waals surface area (Å²) in [5.74, 6) is 1.85. The summed E-state index contributed by atoms with van der Waals surface area (Å²) in [6, 6.07) is 13.8. The molecule has 0 spiro atoms. The molecule has 1 atom stereocenters. The molecule has 1 fully saturated rings. The van der Waals surface area contributed by atoms with Crippen LogP contribution in [-0.2, 0) is 6.42 Å². The van der Waals surface area contributed by atoms with Crippen molar-refractivity contribution in [2.45, 2.75) is 25.3 Å². The van der Waals surface area contributed by atoms with E-state index in [-0.39, 0.29) is 11.9 Å². The van der Waals surface area contributed by atoms with Crippen LogP contribution >= 0.6 is 0 Å². The Morgan fingerprint density at radius 1 is 1.04 bits per heavy atom. The van der Waals surface area contributed by atoms with Crippen molar-refractivity contribution in [1.29, 1.82) is 0 Å². The van der Waals surface area contributed by atoms with E-state index in [0.717, 1.165) is 19.3 Å². The molecule has 1 aliphatic rings. The molecular weight excluding hydrogens is 330 g/mol. The van der Waals surface area contributed by atoms with Gasteiger partial charge in [0.1, 0.15) is 0 Å². The number of hydrogen-bond acceptors (Lipinski definition) is 4. The molecule has 1 saturated carbocycles. The van der Waals surface area contributed by atoms with Gasteiger partial charge in [-0.25, -0.2) is 0 Å². The summed E-state index contributed by atoms with van der Waals surface area (Å²) >= 11 is 0. The number of hydrogen-bond donors (Lipinski definition) is 1. The molecule has 3 rings (SSSR count). The molecule has 0 radical (unpaired) electrons. The van der Waals surface area contributed by atoms with E-state index in [1.54, 1.807) is 33.5 Å². The first-order valence-electron chi connectivity index (χ1n) is 8.81. The van der Waals surface area contributed by atoms with Crippen molar-refractivity contribution in [3.8, 4) is 17.2 Å². The maximum absolute atomic E-state index is 12.9. The molecule has 0 aliphatic heterocycles. The van der Waals surface area contributed by atoms with E-state index in [2.05, 4.69) is 17.4 Å². The number of carbonyl (C=O) groups is 1. The van der Waals surface area contributed by atoms with E-state index in [1.807, 2.05) is 18.2 Å². The van der Waals surface area contributed by atoms with Crippen molar-refractivity contribution in [2.24, 2.45) is 5.92 Å². The summed E-state index contributed by atoms with van der Waals surface area (Å²) in [6.45, 7) is 0. The number of rotatable bonds is 8. The quantitative estimate of drug-likeness (QED) is 0.788. The minimum absolute atomic E-state index is 0.128. The van der Waals surface area contributed by atoms with Crippen molar-refractivity contribution in [3.63, 3.8) is 0 Å². The zero-order valence-corrected chi connectivity index (χ0v) is 15.5. The van der Waals surface area contributed by atoms with E-state index < -0.39 is 0 Å². The zero-order chi connectivity index (χ0) is 18.5. The van der Waals surface area contributed by atoms with Crippen LogP contribution in [0.5, 0.6) is 17.2 Å². The van der Waals surface area contributed by atoms with Gasteiger partial charge in [-0.15, -0.1) is 0 Å². The van der Waals surface area contributed by atoms with E-state index in [4.69, 9.17) is 14.2 Å². The highest BCUT2D eigenvalue weighted by Crippen LogP contribution is 2.38. The molecule has 26 heavy (non-hydrogen) atoms. The summed E-state index contributed by atoms with van der Waals surface area (Å²) < 4.78 is 16.0. The molecular formula is C21H25NO4. The largest absolute Gasteiger partial charge is 0.493 e. The lowest BCUT2D eigenvalue weighted by atomic mass is 10.0. The molecule has 1 N–H and O–H groups in total. The smallest absolute Gasteiger partial charge is 0.251 e. The monoisotopic (exact) mass is 355 g/mol. The van der Waals surface area contributed by atoms with Crippen LogP contribution in [0, 0.1) is 5.92 Å². The Balaban J connectivity index is 1.79. The predicted molar refractivity (Wildman–Crippen MR) is 100 cm³/mol. The van der Waals surface area contributed by atoms with Crippen LogP contribution in [0.25, 0.3) is 0 Å². The van der Waals surface area contributed by atoms with Crippen molar-refractivity contribution in [3.05, 3.63) is 53.6 Å². The van der Waals surface area contributed by atoms with Gasteiger partial charge >= 0.3 is 0 Å². The van der Waals surface area contributed by atoms with Gasteiger partial charge in [0, 0.05) is 11.6 Å². The first-order valence-corrected chi connectivity index (χ1v) is 8.81. The van der Waals surface area contributed by atoms with E-state index >= 15 is 0 Å². The van der Waals surface area contributed by atoms with Crippen molar-refractivity contribution in [1.82, 2.24) is 5.32 Å². The molecule has 1 unspecified atom stereocenters. The van der Waals surface area contributed by atoms with Crippen LogP contribution in [0.15, 0.2) is 42.5 Å². The number of benzene rings is 2. The normalized spacial score (nSPS) is 14.4. The predicted octanol–water partition coefficient (Wildman–Crippen LogP) is 3.46. The lowest BCUT2D eigenvalue weighted by Crippen LogP contribution is -2.38. The third kappa shape index (κ3) is 4.10. The Hall–Kier alpha value is -2.69. The maximum Gasteiger partial charge on any atom is 0.251 e. The molecule has 5 heteroatoms. The number of methoxy groups -OCH3 is 3. The molecule has 0 bridgehead atoms. The fraction of sp³-hybridized carbons (Fsp3) is 0.381. The van der Waals surface area contributed by atoms with E-state index in [9.17, 15) is 4.79 Å². The summed E-state index contributed by atoms with van der Waals surface area (Å²) in [5, 5.41) is 3.19. The first kappa shape index (κ1) is 18.1. The SMILES string of the molecule is COc1cc(C(=O)NC(Cc2ccccc2)C2CC2)cc(OC)c1OC. The molecule has 0 heterocycles. The van der Waals surface area contributed by atoms with Crippen LogP contribution in [0.3, 0.4) is 0 Å². The average Bonchev–Trinajstić information content (AvgIpc) is 3.52. The highest BCUT2D eigenvalue weighted by molar-refractivity contribution is 5.95. The number of amides is 1. The van der Waals surface area contributed by atoms with Crippen LogP contribution in [-0.4, -0.2) is 33.3 Å². The molecule has 1 aliphatic carbocycles. The number of carbonyl (C=O) groups excluding carboxylic acids is 1. The second-order valence-corrected chi connectivity index (χ2v) is 6.52. The first-order chi connectivity index (χ1) is 12.7. The van der Waals surface area contributed by atoms with Gasteiger partial charge in [-0.1, -0.05) is 30.3 Å². The van der Waals surface area contributed by atoms with Gasteiger partial charge in [-0.2, -0.15) is 0 Å². The molecule has 1 amide bonds. The third-order valence-electron chi connectivity index (χ3n) is 4.73. The van der Waals surface area contributed by atoms with Crippen LogP contribution in [0.4, 0.5) is 0 Å². The van der Waals surface area contributed by atoms with Crippen LogP contribution in [0.2, 0.25) is 0 Å². The van der Waals surface area contributed by atoms with Crippen molar-refractivity contribution < 1.29 is 19.0 Å². The Morgan fingerprint density at radius 2 is 1.65 bits per heavy atom. The molecule has 0 saturated heterocycles. The van der Waals surface area contributed by atoms with Gasteiger partial charge in [0.05, 0.1) is 21.3 Å². The molecule has 0 aromatic heterocycles. The summed E-state index contributed by atoms with van der Waals surface area (Å²) in [4.78, 5) is 12.9. The fourth-order valence-electron chi connectivity index (χ4n) is 3.17. The second kappa shape index (κ2) is 8.13. The van der Waals surface area contributed by atoms with Gasteiger partial charge in [0.2, 0.25) is 5.75 Å². The maximum atomic E-state index is 12.9. The number of ether oxygens (including phenoxy) is 3. The summed E-state index contributed by atoms with van der Waals surface area (Å²) in [6.07, 6.45) is 3.15. The summed E-state index contributed by atoms with van der Waals surface area (Å²) in [7, 11) is 4.63. The van der Waals surface area contributed by atoms with Gasteiger partial charge in [-0.05, 0) is 42.9 Å². The Bertz CT molecular complexity index is 731. The molecule has 2 aromatic rings. The molecule has 138 valence electrons. The van der Waals surface area contributed by atoms with Gasteiger partial charge in [0.15, 0.2) is 11.5 Å². The highest BCUT2D eigenvalue weighted by atomic mass is 16.5. The second-order valence-electron chi connectivity index (χ2n) is 6.52. The Labute approximate surface area is 154 Å². The third-order valence-corrected chi connectivity index (χ3v) is 4.73. The van der Waals surface area contributed by atoms with Crippen LogP contribution in [0.1, 0.15) is 28.8 Å². The number of nitrogens with one attached hydrogen (secondary N) is 1. The topological polar surface area (TPSA) is 56.8 Å². The van der Waals surface area contributed by atoms with Crippen molar-refractivity contribution in [2.75, 3.05) is 21.3 Å². The van der Waals surface area contributed by atoms with E-state index in [1.165, 1.54) is 5.56 Å². The lowest BCUT2D eigenvalue weighted by molar-refractivity contribution is 0.0931. The molecule has 2 aromatic carbocycles. The fourth-order valence-corrected chi connectivity index (χ4v) is 3.17. The minimum atomic E-state index is -0.128. The highest BCUT2D eigenvalue weighted by Gasteiger charge is 2.32. The summed E-state index contributed by atoms with van der Waals surface area (Å²) in [5.41, 5.74) is 1.73. The van der Waals surface area contributed by atoms with Crippen molar-refractivity contribution >= 4 is 5.91 Å². The van der Waals surface area contributed by atoms with E-state index in [0.29, 0.717) is 28.7 Å². The van der Waals surface area contributed by atoms with Gasteiger partial charge in [-0.3, -0.25) is 4.79 Å². The standard InChI is InChI=1S/C21H25NO4/c1-24-18-12-16(13-19(25-2)20(18)26-3)21(23)22-17(15-9-10-15)11-14-7-5-4-6-8-14/h4-8,12-13,15,17H,9-11H2,1-3H3,(H,22,23). The Kier molecular flexibility index (Phi) is 5.66. The van der Waals surface area contributed by atoms with Gasteiger partial charge in [0.25, 0.3) is 5.91 Å². The van der Waals surface area contributed by atoms with Crippen LogP contribution < -0.4 is 19.5 Å². The van der Waals surface area contributed by atoms with Gasteiger partial charge < -0.3 is 19.5 Å². The Morgan fingerprint density at radius 3 is 2.15 bits per heavy atom. The molecule has 5 nitrogen and oxygen atoms in total. The lowest BCUT2D eigenvalue weighted by Gasteiger charge is -2.20. The zero-order valence-electron chi connectivity index (χ0n) is 15.5. The average molecular weight is 355 g/mol.